The molecule has 1 fully saturated rings. The third kappa shape index (κ3) is 4.77. The molecule has 2 heterocycles. The fraction of sp³-hybridized carbons (Fsp3) is 0.346. The van der Waals surface area contributed by atoms with Crippen LogP contribution < -0.4 is 4.74 Å². The second kappa shape index (κ2) is 9.48. The zero-order valence-corrected chi connectivity index (χ0v) is 19.2. The van der Waals surface area contributed by atoms with Gasteiger partial charge in [-0.3, -0.25) is 9.89 Å². The standard InChI is InChI=1S/C26H29N3O4/c1-26(2,25(31)32-3)33-21-12-7-11-19(15-21)22-13-8-14-29(23(22)20-16-27-28-17-20)24(30)18-9-5-4-6-10-18/h4-7,9-12,15-17,22-23H,8,13-14H2,1-3H3,(H,27,28). The summed E-state index contributed by atoms with van der Waals surface area (Å²) in [5.74, 6) is 0.196. The van der Waals surface area contributed by atoms with E-state index in [-0.39, 0.29) is 17.9 Å². The van der Waals surface area contributed by atoms with Crippen LogP contribution in [0.15, 0.2) is 67.0 Å². The van der Waals surface area contributed by atoms with E-state index < -0.39 is 11.6 Å². The van der Waals surface area contributed by atoms with E-state index in [0.717, 1.165) is 24.0 Å². The zero-order valence-electron chi connectivity index (χ0n) is 19.2. The number of H-pyrrole nitrogens is 1. The SMILES string of the molecule is COC(=O)C(C)(C)Oc1cccc(C2CCCN(C(=O)c3ccccc3)C2c2cn[nH]c2)c1. The summed E-state index contributed by atoms with van der Waals surface area (Å²) in [6, 6.07) is 16.9. The van der Waals surface area contributed by atoms with Gasteiger partial charge in [-0.15, -0.1) is 0 Å². The first-order valence-corrected chi connectivity index (χ1v) is 11.1. The molecule has 0 aliphatic carbocycles. The normalized spacial score (nSPS) is 18.6. The number of hydrogen-bond donors (Lipinski definition) is 1. The minimum atomic E-state index is -1.11. The number of rotatable bonds is 6. The Morgan fingerprint density at radius 1 is 1.09 bits per heavy atom. The molecular weight excluding hydrogens is 418 g/mol. The van der Waals surface area contributed by atoms with Crippen molar-refractivity contribution >= 4 is 11.9 Å². The highest BCUT2D eigenvalue weighted by Gasteiger charge is 2.38. The Labute approximate surface area is 193 Å². The molecule has 1 aromatic heterocycles. The Morgan fingerprint density at radius 3 is 2.58 bits per heavy atom. The number of likely N-dealkylation sites (tertiary alicyclic amines) is 1. The van der Waals surface area contributed by atoms with Crippen LogP contribution in [0.4, 0.5) is 0 Å². The molecule has 2 atom stereocenters. The monoisotopic (exact) mass is 447 g/mol. The Balaban J connectivity index is 1.68. The van der Waals surface area contributed by atoms with E-state index in [1.165, 1.54) is 7.11 Å². The third-order valence-electron chi connectivity index (χ3n) is 6.11. The minimum Gasteiger partial charge on any atom is -0.476 e. The predicted octanol–water partition coefficient (Wildman–Crippen LogP) is 4.50. The molecule has 7 heteroatoms. The maximum Gasteiger partial charge on any atom is 0.349 e. The molecule has 7 nitrogen and oxygen atoms in total. The first-order valence-electron chi connectivity index (χ1n) is 11.1. The van der Waals surface area contributed by atoms with Gasteiger partial charge in [0.1, 0.15) is 5.75 Å². The Hall–Kier alpha value is -3.61. The van der Waals surface area contributed by atoms with Crippen LogP contribution in [-0.4, -0.2) is 46.2 Å². The van der Waals surface area contributed by atoms with E-state index in [2.05, 4.69) is 10.2 Å². The Bertz CT molecular complexity index is 1100. The zero-order chi connectivity index (χ0) is 23.4. The van der Waals surface area contributed by atoms with Crippen LogP contribution in [0.1, 0.15) is 60.1 Å². The number of carbonyl (C=O) groups excluding carboxylic acids is 2. The van der Waals surface area contributed by atoms with E-state index in [1.807, 2.05) is 65.7 Å². The van der Waals surface area contributed by atoms with Gasteiger partial charge in [-0.1, -0.05) is 30.3 Å². The van der Waals surface area contributed by atoms with Crippen molar-refractivity contribution in [2.24, 2.45) is 0 Å². The number of carbonyl (C=O) groups is 2. The number of amides is 1. The van der Waals surface area contributed by atoms with Crippen molar-refractivity contribution in [2.45, 2.75) is 44.2 Å². The van der Waals surface area contributed by atoms with Crippen molar-refractivity contribution in [1.29, 1.82) is 0 Å². The molecule has 172 valence electrons. The highest BCUT2D eigenvalue weighted by atomic mass is 16.6. The quantitative estimate of drug-likeness (QED) is 0.563. The molecule has 0 bridgehead atoms. The van der Waals surface area contributed by atoms with Crippen molar-refractivity contribution in [3.8, 4) is 5.75 Å². The number of aromatic amines is 1. The molecular formula is C26H29N3O4. The summed E-state index contributed by atoms with van der Waals surface area (Å²) in [4.78, 5) is 27.5. The molecule has 1 N–H and O–H groups in total. The van der Waals surface area contributed by atoms with Gasteiger partial charge in [-0.05, 0) is 56.5 Å². The van der Waals surface area contributed by atoms with Gasteiger partial charge in [0.05, 0.1) is 19.3 Å². The highest BCUT2D eigenvalue weighted by molar-refractivity contribution is 5.94. The molecule has 1 saturated heterocycles. The molecule has 1 aliphatic rings. The largest absolute Gasteiger partial charge is 0.476 e. The van der Waals surface area contributed by atoms with Crippen molar-refractivity contribution in [1.82, 2.24) is 15.1 Å². The molecule has 1 aliphatic heterocycles. The summed E-state index contributed by atoms with van der Waals surface area (Å²) in [7, 11) is 1.35. The van der Waals surface area contributed by atoms with E-state index in [0.29, 0.717) is 17.9 Å². The summed E-state index contributed by atoms with van der Waals surface area (Å²) >= 11 is 0. The predicted molar refractivity (Wildman–Crippen MR) is 124 cm³/mol. The van der Waals surface area contributed by atoms with Gasteiger partial charge in [-0.2, -0.15) is 5.10 Å². The van der Waals surface area contributed by atoms with E-state index in [1.54, 1.807) is 20.0 Å². The van der Waals surface area contributed by atoms with Crippen LogP contribution in [0, 0.1) is 0 Å². The minimum absolute atomic E-state index is 0.00530. The van der Waals surface area contributed by atoms with E-state index >= 15 is 0 Å². The van der Waals surface area contributed by atoms with Crippen molar-refractivity contribution < 1.29 is 19.1 Å². The summed E-state index contributed by atoms with van der Waals surface area (Å²) in [6.07, 6.45) is 5.44. The second-order valence-electron chi connectivity index (χ2n) is 8.77. The molecule has 0 radical (unpaired) electrons. The van der Waals surface area contributed by atoms with Gasteiger partial charge in [0, 0.05) is 29.8 Å². The first kappa shape index (κ1) is 22.6. The molecule has 3 aromatic rings. The van der Waals surface area contributed by atoms with Crippen LogP contribution in [0.2, 0.25) is 0 Å². The molecule has 0 saturated carbocycles. The molecule has 4 rings (SSSR count). The van der Waals surface area contributed by atoms with Gasteiger partial charge in [0.2, 0.25) is 0 Å². The molecule has 33 heavy (non-hydrogen) atoms. The van der Waals surface area contributed by atoms with Crippen molar-refractivity contribution in [2.75, 3.05) is 13.7 Å². The number of methoxy groups -OCH3 is 1. The summed E-state index contributed by atoms with van der Waals surface area (Å²) in [6.45, 7) is 4.03. The second-order valence-corrected chi connectivity index (χ2v) is 8.77. The van der Waals surface area contributed by atoms with Crippen LogP contribution >= 0.6 is 0 Å². The average molecular weight is 448 g/mol. The fourth-order valence-corrected chi connectivity index (χ4v) is 4.54. The van der Waals surface area contributed by atoms with E-state index in [9.17, 15) is 9.59 Å². The number of benzene rings is 2. The maximum absolute atomic E-state index is 13.5. The van der Waals surface area contributed by atoms with E-state index in [4.69, 9.17) is 9.47 Å². The highest BCUT2D eigenvalue weighted by Crippen LogP contribution is 2.43. The number of ether oxygens (including phenoxy) is 2. The lowest BCUT2D eigenvalue weighted by atomic mass is 9.80. The van der Waals surface area contributed by atoms with Crippen molar-refractivity contribution in [3.63, 3.8) is 0 Å². The molecule has 2 unspecified atom stereocenters. The molecule has 1 amide bonds. The topological polar surface area (TPSA) is 84.5 Å². The molecule has 2 aromatic carbocycles. The van der Waals surface area contributed by atoms with Gasteiger partial charge < -0.3 is 14.4 Å². The van der Waals surface area contributed by atoms with Crippen molar-refractivity contribution in [3.05, 3.63) is 83.7 Å². The van der Waals surface area contributed by atoms with Gasteiger partial charge >= 0.3 is 5.97 Å². The fourth-order valence-electron chi connectivity index (χ4n) is 4.54. The summed E-state index contributed by atoms with van der Waals surface area (Å²) < 4.78 is 10.8. The van der Waals surface area contributed by atoms with Gasteiger partial charge in [0.15, 0.2) is 5.60 Å². The molecule has 0 spiro atoms. The number of nitrogens with zero attached hydrogens (tertiary/aromatic N) is 2. The van der Waals surface area contributed by atoms with Crippen LogP contribution in [0.25, 0.3) is 0 Å². The maximum atomic E-state index is 13.5. The third-order valence-corrected chi connectivity index (χ3v) is 6.11. The smallest absolute Gasteiger partial charge is 0.349 e. The van der Waals surface area contributed by atoms with Crippen LogP contribution in [0.5, 0.6) is 5.75 Å². The number of piperidine rings is 1. The summed E-state index contributed by atoms with van der Waals surface area (Å²) in [5.41, 5.74) is 1.57. The van der Waals surface area contributed by atoms with Gasteiger partial charge in [0.25, 0.3) is 5.91 Å². The lowest BCUT2D eigenvalue weighted by Crippen LogP contribution is -2.42. The lowest BCUT2D eigenvalue weighted by Gasteiger charge is -2.41. The van der Waals surface area contributed by atoms with Gasteiger partial charge in [-0.25, -0.2) is 4.79 Å². The Morgan fingerprint density at radius 2 is 1.88 bits per heavy atom. The number of hydrogen-bond acceptors (Lipinski definition) is 5. The number of aromatic nitrogens is 2. The lowest BCUT2D eigenvalue weighted by molar-refractivity contribution is -0.156. The summed E-state index contributed by atoms with van der Waals surface area (Å²) in [5, 5.41) is 7.04. The first-order chi connectivity index (χ1) is 15.9. The van der Waals surface area contributed by atoms with Crippen LogP contribution in [0.3, 0.4) is 0 Å². The average Bonchev–Trinajstić information content (AvgIpc) is 3.37. The van der Waals surface area contributed by atoms with Crippen LogP contribution in [-0.2, 0) is 9.53 Å². The Kier molecular flexibility index (Phi) is 6.49. The number of nitrogens with one attached hydrogen (secondary N) is 1. The number of esters is 1.